The summed E-state index contributed by atoms with van der Waals surface area (Å²) in [6.45, 7) is 6.06. The number of nitrogens with one attached hydrogen (secondary N) is 2. The Morgan fingerprint density at radius 1 is 1.06 bits per heavy atom. The van der Waals surface area contributed by atoms with Crippen molar-refractivity contribution in [1.82, 2.24) is 10.6 Å². The minimum absolute atomic E-state index is 0.0102. The zero-order chi connectivity index (χ0) is 12.5. The van der Waals surface area contributed by atoms with Gasteiger partial charge in [-0.25, -0.2) is 4.79 Å². The maximum Gasteiger partial charge on any atom is 0.314 e. The van der Waals surface area contributed by atoms with E-state index in [2.05, 4.69) is 24.5 Å². The van der Waals surface area contributed by atoms with E-state index in [0.29, 0.717) is 5.92 Å². The molecule has 0 saturated heterocycles. The average Bonchev–Trinajstić information content (AvgIpc) is 2.37. The highest BCUT2D eigenvalue weighted by atomic mass is 16.2. The van der Waals surface area contributed by atoms with E-state index in [4.69, 9.17) is 0 Å². The van der Waals surface area contributed by atoms with Crippen molar-refractivity contribution in [2.24, 2.45) is 11.8 Å². The molecule has 1 fully saturated rings. The van der Waals surface area contributed by atoms with Crippen LogP contribution in [-0.2, 0) is 0 Å². The number of amides is 2. The Balaban J connectivity index is 2.04. The normalized spacial score (nSPS) is 24.4. The third kappa shape index (κ3) is 5.94. The summed E-state index contributed by atoms with van der Waals surface area (Å²) in [5, 5.41) is 5.89. The van der Waals surface area contributed by atoms with Crippen molar-refractivity contribution in [2.75, 3.05) is 13.1 Å². The van der Waals surface area contributed by atoms with Gasteiger partial charge in [0.1, 0.15) is 0 Å². The fourth-order valence-electron chi connectivity index (χ4n) is 2.52. The van der Waals surface area contributed by atoms with Crippen LogP contribution in [0.4, 0.5) is 4.79 Å². The average molecular weight is 240 g/mol. The Bertz CT molecular complexity index is 210. The van der Waals surface area contributed by atoms with E-state index in [-0.39, 0.29) is 6.03 Å². The molecule has 1 rings (SSSR count). The van der Waals surface area contributed by atoms with Gasteiger partial charge in [0.25, 0.3) is 0 Å². The molecule has 1 aliphatic rings. The molecule has 0 aliphatic heterocycles. The second kappa shape index (κ2) is 8.37. The fourth-order valence-corrected chi connectivity index (χ4v) is 2.52. The number of carbonyl (C=O) groups excluding carboxylic acids is 1. The van der Waals surface area contributed by atoms with Gasteiger partial charge < -0.3 is 10.6 Å². The van der Waals surface area contributed by atoms with Crippen LogP contribution in [0.2, 0.25) is 0 Å². The number of rotatable bonds is 6. The molecular formula is C14H28N2O. The van der Waals surface area contributed by atoms with Crippen LogP contribution < -0.4 is 10.6 Å². The lowest BCUT2D eigenvalue weighted by atomic mass is 9.81. The van der Waals surface area contributed by atoms with E-state index in [1.165, 1.54) is 32.1 Å². The van der Waals surface area contributed by atoms with Crippen LogP contribution in [0.15, 0.2) is 0 Å². The van der Waals surface area contributed by atoms with Crippen molar-refractivity contribution < 1.29 is 4.79 Å². The third-order valence-corrected chi connectivity index (χ3v) is 3.91. The van der Waals surface area contributed by atoms with Crippen molar-refractivity contribution >= 4 is 6.03 Å². The number of unbranched alkanes of at least 4 members (excludes halogenated alkanes) is 1. The van der Waals surface area contributed by atoms with Crippen LogP contribution in [-0.4, -0.2) is 19.1 Å². The first-order valence-electron chi connectivity index (χ1n) is 7.27. The summed E-state index contributed by atoms with van der Waals surface area (Å²) in [5.74, 6) is 1.64. The van der Waals surface area contributed by atoms with Gasteiger partial charge in [0.15, 0.2) is 0 Å². The van der Waals surface area contributed by atoms with Crippen molar-refractivity contribution in [2.45, 2.75) is 58.8 Å². The van der Waals surface area contributed by atoms with Crippen molar-refractivity contribution in [3.8, 4) is 0 Å². The van der Waals surface area contributed by atoms with Gasteiger partial charge in [-0.05, 0) is 31.1 Å². The maximum atomic E-state index is 11.5. The first-order chi connectivity index (χ1) is 8.26. The van der Waals surface area contributed by atoms with E-state index in [1.54, 1.807) is 0 Å². The predicted octanol–water partition coefficient (Wildman–Crippen LogP) is 3.30. The Morgan fingerprint density at radius 2 is 1.71 bits per heavy atom. The summed E-state index contributed by atoms with van der Waals surface area (Å²) in [5.41, 5.74) is 0. The third-order valence-electron chi connectivity index (χ3n) is 3.91. The van der Waals surface area contributed by atoms with E-state index in [1.807, 2.05) is 0 Å². The lowest BCUT2D eigenvalue weighted by Crippen LogP contribution is -2.39. The number of carbonyl (C=O) groups is 1. The predicted molar refractivity (Wildman–Crippen MR) is 72.0 cm³/mol. The Hall–Kier alpha value is -0.730. The van der Waals surface area contributed by atoms with Crippen LogP contribution in [0, 0.1) is 11.8 Å². The van der Waals surface area contributed by atoms with Gasteiger partial charge in [-0.2, -0.15) is 0 Å². The number of hydrogen-bond donors (Lipinski definition) is 2. The molecule has 1 saturated carbocycles. The zero-order valence-corrected chi connectivity index (χ0v) is 11.4. The quantitative estimate of drug-likeness (QED) is 0.687. The highest BCUT2D eigenvalue weighted by Crippen LogP contribution is 2.29. The SMILES string of the molecule is CCCCNC(=O)NCC1CCC(CC)CC1. The molecular weight excluding hydrogens is 212 g/mol. The van der Waals surface area contributed by atoms with Gasteiger partial charge in [0.2, 0.25) is 0 Å². The van der Waals surface area contributed by atoms with Crippen molar-refractivity contribution in [3.05, 3.63) is 0 Å². The van der Waals surface area contributed by atoms with Gasteiger partial charge in [0, 0.05) is 13.1 Å². The lowest BCUT2D eigenvalue weighted by molar-refractivity contribution is 0.230. The number of urea groups is 1. The van der Waals surface area contributed by atoms with E-state index in [9.17, 15) is 4.79 Å². The van der Waals surface area contributed by atoms with Gasteiger partial charge in [-0.1, -0.05) is 39.5 Å². The molecule has 0 radical (unpaired) electrons. The summed E-state index contributed by atoms with van der Waals surface area (Å²) in [7, 11) is 0. The summed E-state index contributed by atoms with van der Waals surface area (Å²) in [6, 6.07) is 0.0102. The molecule has 0 spiro atoms. The van der Waals surface area contributed by atoms with Crippen molar-refractivity contribution in [1.29, 1.82) is 0 Å². The summed E-state index contributed by atoms with van der Waals surface area (Å²) >= 11 is 0. The fraction of sp³-hybridized carbons (Fsp3) is 0.929. The van der Waals surface area contributed by atoms with Crippen LogP contribution in [0.25, 0.3) is 0 Å². The summed E-state index contributed by atoms with van der Waals surface area (Å²) < 4.78 is 0. The standard InChI is InChI=1S/C14H28N2O/c1-3-5-10-15-14(17)16-11-13-8-6-12(4-2)7-9-13/h12-13H,3-11H2,1-2H3,(H2,15,16,17). The van der Waals surface area contributed by atoms with Crippen LogP contribution in [0.1, 0.15) is 58.8 Å². The first-order valence-corrected chi connectivity index (χ1v) is 7.27. The minimum atomic E-state index is 0.0102. The molecule has 0 bridgehead atoms. The molecule has 0 atom stereocenters. The molecule has 0 heterocycles. The topological polar surface area (TPSA) is 41.1 Å². The van der Waals surface area contributed by atoms with Gasteiger partial charge in [-0.3, -0.25) is 0 Å². The summed E-state index contributed by atoms with van der Waals surface area (Å²) in [6.07, 6.45) is 8.77. The van der Waals surface area contributed by atoms with Gasteiger partial charge >= 0.3 is 6.03 Å². The van der Waals surface area contributed by atoms with E-state index < -0.39 is 0 Å². The molecule has 0 aromatic carbocycles. The van der Waals surface area contributed by atoms with Gasteiger partial charge in [-0.15, -0.1) is 0 Å². The molecule has 0 unspecified atom stereocenters. The first kappa shape index (κ1) is 14.3. The smallest absolute Gasteiger partial charge is 0.314 e. The molecule has 3 nitrogen and oxygen atoms in total. The molecule has 17 heavy (non-hydrogen) atoms. The Morgan fingerprint density at radius 3 is 2.29 bits per heavy atom. The summed E-state index contributed by atoms with van der Waals surface area (Å²) in [4.78, 5) is 11.5. The Labute approximate surface area is 106 Å². The molecule has 3 heteroatoms. The van der Waals surface area contributed by atoms with Crippen molar-refractivity contribution in [3.63, 3.8) is 0 Å². The number of hydrogen-bond acceptors (Lipinski definition) is 1. The molecule has 100 valence electrons. The highest BCUT2D eigenvalue weighted by molar-refractivity contribution is 5.73. The molecule has 0 aromatic rings. The molecule has 0 aromatic heterocycles. The van der Waals surface area contributed by atoms with Crippen LogP contribution >= 0.6 is 0 Å². The van der Waals surface area contributed by atoms with E-state index >= 15 is 0 Å². The largest absolute Gasteiger partial charge is 0.338 e. The molecule has 2 amide bonds. The Kier molecular flexibility index (Phi) is 7.06. The van der Waals surface area contributed by atoms with E-state index in [0.717, 1.165) is 31.8 Å². The zero-order valence-electron chi connectivity index (χ0n) is 11.4. The molecule has 2 N–H and O–H groups in total. The molecule has 1 aliphatic carbocycles. The maximum absolute atomic E-state index is 11.5. The van der Waals surface area contributed by atoms with Crippen LogP contribution in [0.5, 0.6) is 0 Å². The second-order valence-corrected chi connectivity index (χ2v) is 5.29. The minimum Gasteiger partial charge on any atom is -0.338 e. The van der Waals surface area contributed by atoms with Gasteiger partial charge in [0.05, 0.1) is 0 Å². The highest BCUT2D eigenvalue weighted by Gasteiger charge is 2.19. The second-order valence-electron chi connectivity index (χ2n) is 5.29. The van der Waals surface area contributed by atoms with Crippen LogP contribution in [0.3, 0.4) is 0 Å². The monoisotopic (exact) mass is 240 g/mol. The lowest BCUT2D eigenvalue weighted by Gasteiger charge is -2.27.